The van der Waals surface area contributed by atoms with E-state index >= 15 is 0 Å². The number of benzene rings is 2. The van der Waals surface area contributed by atoms with Crippen LogP contribution in [0.1, 0.15) is 28.9 Å². The SMILES string of the molecule is CC(c1ccc(Cl)cc1)N(C)C(=O)c1ccc(F)c(N)c1. The molecule has 0 heterocycles. The quantitative estimate of drug-likeness (QED) is 0.874. The first-order valence-electron chi connectivity index (χ1n) is 6.48. The second-order valence-electron chi connectivity index (χ2n) is 4.88. The number of anilines is 1. The minimum atomic E-state index is -0.528. The first-order chi connectivity index (χ1) is 9.90. The molecule has 1 atom stereocenters. The predicted molar refractivity (Wildman–Crippen MR) is 82.8 cm³/mol. The molecule has 2 aromatic rings. The fraction of sp³-hybridized carbons (Fsp3) is 0.188. The molecule has 0 bridgehead atoms. The van der Waals surface area contributed by atoms with E-state index < -0.39 is 5.82 Å². The largest absolute Gasteiger partial charge is 0.396 e. The minimum absolute atomic E-state index is 0.0339. The van der Waals surface area contributed by atoms with Crippen LogP contribution in [0.15, 0.2) is 42.5 Å². The first kappa shape index (κ1) is 15.3. The topological polar surface area (TPSA) is 46.3 Å². The molecule has 2 aromatic carbocycles. The van der Waals surface area contributed by atoms with E-state index in [-0.39, 0.29) is 17.6 Å². The monoisotopic (exact) mass is 306 g/mol. The number of carbonyl (C=O) groups is 1. The fourth-order valence-electron chi connectivity index (χ4n) is 2.02. The molecule has 1 unspecified atom stereocenters. The predicted octanol–water partition coefficient (Wildman–Crippen LogP) is 3.89. The second-order valence-corrected chi connectivity index (χ2v) is 5.32. The molecule has 0 fully saturated rings. The summed E-state index contributed by atoms with van der Waals surface area (Å²) in [7, 11) is 1.70. The Kier molecular flexibility index (Phi) is 4.48. The maximum absolute atomic E-state index is 13.2. The zero-order chi connectivity index (χ0) is 15.6. The highest BCUT2D eigenvalue weighted by atomic mass is 35.5. The molecule has 2 N–H and O–H groups in total. The number of amides is 1. The van der Waals surface area contributed by atoms with Gasteiger partial charge < -0.3 is 10.6 Å². The smallest absolute Gasteiger partial charge is 0.254 e. The van der Waals surface area contributed by atoms with E-state index in [9.17, 15) is 9.18 Å². The van der Waals surface area contributed by atoms with Crippen LogP contribution in [0.3, 0.4) is 0 Å². The molecule has 1 amide bonds. The van der Waals surface area contributed by atoms with E-state index in [1.807, 2.05) is 19.1 Å². The molecule has 0 saturated heterocycles. The molecule has 3 nitrogen and oxygen atoms in total. The lowest BCUT2D eigenvalue weighted by Crippen LogP contribution is -2.29. The van der Waals surface area contributed by atoms with Gasteiger partial charge in [-0.15, -0.1) is 0 Å². The van der Waals surface area contributed by atoms with Crippen molar-refractivity contribution in [3.8, 4) is 0 Å². The van der Waals surface area contributed by atoms with E-state index in [1.165, 1.54) is 18.2 Å². The zero-order valence-corrected chi connectivity index (χ0v) is 12.6. The first-order valence-corrected chi connectivity index (χ1v) is 6.85. The molecule has 0 radical (unpaired) electrons. The summed E-state index contributed by atoms with van der Waals surface area (Å²) in [5.41, 5.74) is 6.79. The molecule has 0 aliphatic heterocycles. The number of rotatable bonds is 3. The van der Waals surface area contributed by atoms with Gasteiger partial charge in [0.2, 0.25) is 0 Å². The summed E-state index contributed by atoms with van der Waals surface area (Å²) in [4.78, 5) is 14.0. The van der Waals surface area contributed by atoms with Gasteiger partial charge in [0.15, 0.2) is 0 Å². The Hall–Kier alpha value is -2.07. The van der Waals surface area contributed by atoms with Crippen molar-refractivity contribution in [2.75, 3.05) is 12.8 Å². The van der Waals surface area contributed by atoms with Crippen LogP contribution in [0.25, 0.3) is 0 Å². The molecule has 0 aliphatic carbocycles. The van der Waals surface area contributed by atoms with Gasteiger partial charge >= 0.3 is 0 Å². The van der Waals surface area contributed by atoms with Crippen LogP contribution in [-0.2, 0) is 0 Å². The van der Waals surface area contributed by atoms with E-state index in [0.29, 0.717) is 10.6 Å². The van der Waals surface area contributed by atoms with Crippen molar-refractivity contribution in [3.63, 3.8) is 0 Å². The molecule has 0 aromatic heterocycles. The van der Waals surface area contributed by atoms with Crippen LogP contribution in [-0.4, -0.2) is 17.9 Å². The van der Waals surface area contributed by atoms with Crippen molar-refractivity contribution >= 4 is 23.2 Å². The van der Waals surface area contributed by atoms with Crippen molar-refractivity contribution in [1.82, 2.24) is 4.90 Å². The Morgan fingerprint density at radius 1 is 1.24 bits per heavy atom. The standard InChI is InChI=1S/C16H16ClFN2O/c1-10(11-3-6-13(17)7-4-11)20(2)16(21)12-5-8-14(18)15(19)9-12/h3-10H,19H2,1-2H3. The van der Waals surface area contributed by atoms with Crippen LogP contribution in [0.5, 0.6) is 0 Å². The number of nitrogen functional groups attached to an aromatic ring is 1. The normalized spacial score (nSPS) is 12.0. The highest BCUT2D eigenvalue weighted by Gasteiger charge is 2.19. The lowest BCUT2D eigenvalue weighted by Gasteiger charge is -2.25. The summed E-state index contributed by atoms with van der Waals surface area (Å²) < 4.78 is 13.2. The lowest BCUT2D eigenvalue weighted by molar-refractivity contribution is 0.0742. The van der Waals surface area contributed by atoms with Crippen LogP contribution in [0.4, 0.5) is 10.1 Å². The van der Waals surface area contributed by atoms with Gasteiger partial charge in [-0.05, 0) is 42.8 Å². The molecule has 0 spiro atoms. The van der Waals surface area contributed by atoms with Gasteiger partial charge in [0, 0.05) is 17.6 Å². The third kappa shape index (κ3) is 3.34. The van der Waals surface area contributed by atoms with Gasteiger partial charge in [0.25, 0.3) is 5.91 Å². The Morgan fingerprint density at radius 2 is 1.86 bits per heavy atom. The molecule has 0 saturated carbocycles. The zero-order valence-electron chi connectivity index (χ0n) is 11.8. The van der Waals surface area contributed by atoms with Crippen molar-refractivity contribution in [1.29, 1.82) is 0 Å². The van der Waals surface area contributed by atoms with Gasteiger partial charge in [-0.25, -0.2) is 4.39 Å². The Labute approximate surface area is 128 Å². The van der Waals surface area contributed by atoms with E-state index in [4.69, 9.17) is 17.3 Å². The van der Waals surface area contributed by atoms with Gasteiger partial charge in [-0.1, -0.05) is 23.7 Å². The van der Waals surface area contributed by atoms with Gasteiger partial charge in [-0.3, -0.25) is 4.79 Å². The summed E-state index contributed by atoms with van der Waals surface area (Å²) in [5.74, 6) is -0.746. The van der Waals surface area contributed by atoms with Crippen molar-refractivity contribution in [3.05, 3.63) is 64.4 Å². The van der Waals surface area contributed by atoms with Crippen molar-refractivity contribution < 1.29 is 9.18 Å². The number of nitrogens with zero attached hydrogens (tertiary/aromatic N) is 1. The molecular formula is C16H16ClFN2O. The second kappa shape index (κ2) is 6.14. The summed E-state index contributed by atoms with van der Waals surface area (Å²) in [5, 5.41) is 0.645. The van der Waals surface area contributed by atoms with Gasteiger partial charge in [-0.2, -0.15) is 0 Å². The van der Waals surface area contributed by atoms with Crippen LogP contribution >= 0.6 is 11.6 Å². The third-order valence-corrected chi connectivity index (χ3v) is 3.75. The van der Waals surface area contributed by atoms with Crippen molar-refractivity contribution in [2.24, 2.45) is 0 Å². The number of nitrogens with two attached hydrogens (primary N) is 1. The molecule has 2 rings (SSSR count). The Balaban J connectivity index is 2.21. The number of carbonyl (C=O) groups excluding carboxylic acids is 1. The molecular weight excluding hydrogens is 291 g/mol. The number of hydrogen-bond acceptors (Lipinski definition) is 2. The number of hydrogen-bond donors (Lipinski definition) is 1. The highest BCUT2D eigenvalue weighted by molar-refractivity contribution is 6.30. The van der Waals surface area contributed by atoms with Crippen LogP contribution in [0, 0.1) is 5.82 Å². The lowest BCUT2D eigenvalue weighted by atomic mass is 10.1. The van der Waals surface area contributed by atoms with Gasteiger partial charge in [0.1, 0.15) is 5.82 Å². The third-order valence-electron chi connectivity index (χ3n) is 3.50. The fourth-order valence-corrected chi connectivity index (χ4v) is 2.15. The molecule has 110 valence electrons. The van der Waals surface area contributed by atoms with Crippen molar-refractivity contribution in [2.45, 2.75) is 13.0 Å². The van der Waals surface area contributed by atoms with E-state index in [2.05, 4.69) is 0 Å². The summed E-state index contributed by atoms with van der Waals surface area (Å²) in [6, 6.07) is 11.1. The average Bonchev–Trinajstić information content (AvgIpc) is 2.48. The maximum Gasteiger partial charge on any atom is 0.254 e. The number of halogens is 2. The molecule has 21 heavy (non-hydrogen) atoms. The van der Waals surface area contributed by atoms with E-state index in [1.54, 1.807) is 24.1 Å². The molecule has 5 heteroatoms. The van der Waals surface area contributed by atoms with Crippen LogP contribution in [0.2, 0.25) is 5.02 Å². The van der Waals surface area contributed by atoms with Gasteiger partial charge in [0.05, 0.1) is 11.7 Å². The molecule has 0 aliphatic rings. The Morgan fingerprint density at radius 3 is 2.43 bits per heavy atom. The summed E-state index contributed by atoms with van der Waals surface area (Å²) in [6.07, 6.45) is 0. The van der Waals surface area contributed by atoms with E-state index in [0.717, 1.165) is 5.56 Å². The summed E-state index contributed by atoms with van der Waals surface area (Å²) in [6.45, 7) is 1.91. The summed E-state index contributed by atoms with van der Waals surface area (Å²) >= 11 is 5.86. The highest BCUT2D eigenvalue weighted by Crippen LogP contribution is 2.23. The van der Waals surface area contributed by atoms with Crippen LogP contribution < -0.4 is 5.73 Å². The maximum atomic E-state index is 13.2. The Bertz CT molecular complexity index is 658. The average molecular weight is 307 g/mol. The minimum Gasteiger partial charge on any atom is -0.396 e.